The van der Waals surface area contributed by atoms with E-state index in [0.717, 1.165) is 0 Å². The molecule has 0 radical (unpaired) electrons. The number of ether oxygens (including phenoxy) is 3. The normalized spacial score (nSPS) is 30.7. The second-order valence-corrected chi connectivity index (χ2v) is 8.68. The van der Waals surface area contributed by atoms with E-state index in [1.807, 2.05) is 41.5 Å². The first-order chi connectivity index (χ1) is 11.7. The molecule has 0 bridgehead atoms. The maximum absolute atomic E-state index is 12.4. The molecule has 1 rings (SSSR count). The van der Waals surface area contributed by atoms with Crippen LogP contribution < -0.4 is 5.32 Å². The summed E-state index contributed by atoms with van der Waals surface area (Å²) < 4.78 is 17.9. The topological polar surface area (TPSA) is 97.3 Å². The number of aliphatic hydroxyl groups is 2. The summed E-state index contributed by atoms with van der Waals surface area (Å²) in [5, 5.41) is 24.0. The summed E-state index contributed by atoms with van der Waals surface area (Å²) in [4.78, 5) is 12.4. The van der Waals surface area contributed by atoms with Gasteiger partial charge in [0.05, 0.1) is 17.3 Å². The van der Waals surface area contributed by atoms with E-state index in [2.05, 4.69) is 5.32 Å². The Kier molecular flexibility index (Phi) is 7.64. The van der Waals surface area contributed by atoms with Crippen LogP contribution in [0.4, 0.5) is 0 Å². The van der Waals surface area contributed by atoms with Gasteiger partial charge in [-0.1, -0.05) is 13.8 Å². The largest absolute Gasteiger partial charge is 0.387 e. The molecule has 1 unspecified atom stereocenters. The van der Waals surface area contributed by atoms with Crippen LogP contribution in [0, 0.1) is 5.92 Å². The van der Waals surface area contributed by atoms with E-state index in [1.54, 1.807) is 13.8 Å². The summed E-state index contributed by atoms with van der Waals surface area (Å²) in [6.07, 6.45) is -5.58. The molecular formula is C19H37NO6. The lowest BCUT2D eigenvalue weighted by Crippen LogP contribution is -2.68. The average Bonchev–Trinajstić information content (AvgIpc) is 2.49. The zero-order chi connectivity index (χ0) is 20.4. The molecular weight excluding hydrogens is 338 g/mol. The molecule has 1 amide bonds. The SMILES string of the molecule is CNC(=O)C1O[C@@H](C(C)(C)OC(C)C)[C@@H](O)[C@@H](O)[C@@H]1OC(C)(C)C(C)C. The van der Waals surface area contributed by atoms with Crippen molar-refractivity contribution in [1.29, 1.82) is 0 Å². The Morgan fingerprint density at radius 3 is 2.04 bits per heavy atom. The van der Waals surface area contributed by atoms with Crippen molar-refractivity contribution in [3.8, 4) is 0 Å². The summed E-state index contributed by atoms with van der Waals surface area (Å²) in [5.41, 5.74) is -1.52. The summed E-state index contributed by atoms with van der Waals surface area (Å²) >= 11 is 0. The molecule has 1 saturated heterocycles. The first kappa shape index (κ1) is 23.3. The molecule has 0 spiro atoms. The molecule has 0 saturated carbocycles. The Hall–Kier alpha value is -0.730. The second kappa shape index (κ2) is 8.52. The number of carbonyl (C=O) groups excluding carboxylic acids is 1. The fraction of sp³-hybridized carbons (Fsp3) is 0.947. The van der Waals surface area contributed by atoms with Crippen molar-refractivity contribution in [2.45, 2.75) is 103 Å². The fourth-order valence-corrected chi connectivity index (χ4v) is 3.09. The Balaban J connectivity index is 3.18. The summed E-state index contributed by atoms with van der Waals surface area (Å²) in [5.74, 6) is -0.276. The molecule has 1 fully saturated rings. The lowest BCUT2D eigenvalue weighted by atomic mass is 9.85. The highest BCUT2D eigenvalue weighted by molar-refractivity contribution is 5.81. The van der Waals surface area contributed by atoms with Crippen LogP contribution in [0.5, 0.6) is 0 Å². The van der Waals surface area contributed by atoms with Crippen molar-refractivity contribution in [2.24, 2.45) is 5.92 Å². The average molecular weight is 376 g/mol. The van der Waals surface area contributed by atoms with E-state index >= 15 is 0 Å². The molecule has 0 aromatic rings. The lowest BCUT2D eigenvalue weighted by molar-refractivity contribution is -0.289. The monoisotopic (exact) mass is 375 g/mol. The van der Waals surface area contributed by atoms with Crippen LogP contribution in [0.2, 0.25) is 0 Å². The third kappa shape index (κ3) is 5.16. The lowest BCUT2D eigenvalue weighted by Gasteiger charge is -2.49. The van der Waals surface area contributed by atoms with Crippen LogP contribution in [0.25, 0.3) is 0 Å². The van der Waals surface area contributed by atoms with E-state index in [9.17, 15) is 15.0 Å². The van der Waals surface area contributed by atoms with Gasteiger partial charge < -0.3 is 29.7 Å². The third-order valence-electron chi connectivity index (χ3n) is 5.15. The maximum Gasteiger partial charge on any atom is 0.251 e. The van der Waals surface area contributed by atoms with Gasteiger partial charge in [-0.15, -0.1) is 0 Å². The number of amides is 1. The highest BCUT2D eigenvalue weighted by Crippen LogP contribution is 2.35. The van der Waals surface area contributed by atoms with Crippen LogP contribution in [-0.4, -0.2) is 71.0 Å². The van der Waals surface area contributed by atoms with Crippen molar-refractivity contribution >= 4 is 5.91 Å². The molecule has 7 nitrogen and oxygen atoms in total. The Morgan fingerprint density at radius 2 is 1.62 bits per heavy atom. The van der Waals surface area contributed by atoms with Gasteiger partial charge in [0.25, 0.3) is 5.91 Å². The molecule has 1 aliphatic rings. The van der Waals surface area contributed by atoms with E-state index < -0.39 is 47.6 Å². The van der Waals surface area contributed by atoms with E-state index in [-0.39, 0.29) is 12.0 Å². The minimum atomic E-state index is -1.29. The fourth-order valence-electron chi connectivity index (χ4n) is 3.09. The van der Waals surface area contributed by atoms with Crippen LogP contribution in [0.15, 0.2) is 0 Å². The van der Waals surface area contributed by atoms with Crippen molar-refractivity contribution in [1.82, 2.24) is 5.32 Å². The maximum atomic E-state index is 12.4. The van der Waals surface area contributed by atoms with Gasteiger partial charge in [-0.25, -0.2) is 0 Å². The molecule has 1 aliphatic heterocycles. The van der Waals surface area contributed by atoms with Gasteiger partial charge in [-0.2, -0.15) is 0 Å². The van der Waals surface area contributed by atoms with Gasteiger partial charge >= 0.3 is 0 Å². The number of carbonyl (C=O) groups is 1. The first-order valence-corrected chi connectivity index (χ1v) is 9.33. The molecule has 1 heterocycles. The van der Waals surface area contributed by atoms with Crippen molar-refractivity contribution in [3.63, 3.8) is 0 Å². The zero-order valence-corrected chi connectivity index (χ0v) is 17.6. The minimum absolute atomic E-state index is 0.106. The van der Waals surface area contributed by atoms with Gasteiger partial charge in [0.15, 0.2) is 6.10 Å². The van der Waals surface area contributed by atoms with Crippen LogP contribution >= 0.6 is 0 Å². The number of hydrogen-bond acceptors (Lipinski definition) is 6. The van der Waals surface area contributed by atoms with Gasteiger partial charge in [0.2, 0.25) is 0 Å². The molecule has 26 heavy (non-hydrogen) atoms. The van der Waals surface area contributed by atoms with E-state index in [0.29, 0.717) is 0 Å². The highest BCUT2D eigenvalue weighted by Gasteiger charge is 2.54. The zero-order valence-electron chi connectivity index (χ0n) is 17.6. The van der Waals surface area contributed by atoms with Crippen molar-refractivity contribution in [2.75, 3.05) is 7.05 Å². The number of rotatable bonds is 7. The quantitative estimate of drug-likeness (QED) is 0.620. The van der Waals surface area contributed by atoms with E-state index in [4.69, 9.17) is 14.2 Å². The van der Waals surface area contributed by atoms with Crippen molar-refractivity contribution < 1.29 is 29.2 Å². The van der Waals surface area contributed by atoms with Gasteiger partial charge in [0.1, 0.15) is 24.4 Å². The Labute approximate surface area is 157 Å². The van der Waals surface area contributed by atoms with Gasteiger partial charge in [-0.3, -0.25) is 4.79 Å². The molecule has 5 atom stereocenters. The molecule has 7 heteroatoms. The highest BCUT2D eigenvalue weighted by atomic mass is 16.6. The molecule has 154 valence electrons. The number of hydrogen-bond donors (Lipinski definition) is 3. The number of aliphatic hydroxyl groups excluding tert-OH is 2. The predicted octanol–water partition coefficient (Wildman–Crippen LogP) is 1.24. The second-order valence-electron chi connectivity index (χ2n) is 8.68. The Bertz CT molecular complexity index is 477. The predicted molar refractivity (Wildman–Crippen MR) is 98.8 cm³/mol. The van der Waals surface area contributed by atoms with Crippen molar-refractivity contribution in [3.05, 3.63) is 0 Å². The standard InChI is InChI=1S/C19H37NO6/c1-10(2)18(5,6)26-14-12(21)13(22)16(19(7,8)25-11(3)4)24-15(14)17(23)20-9/h10-16,21-22H,1-9H3,(H,20,23)/t12-,13+,14+,15?,16-/m1/s1. The van der Waals surface area contributed by atoms with Crippen LogP contribution in [0.3, 0.4) is 0 Å². The Morgan fingerprint density at radius 1 is 1.08 bits per heavy atom. The first-order valence-electron chi connectivity index (χ1n) is 9.33. The third-order valence-corrected chi connectivity index (χ3v) is 5.15. The van der Waals surface area contributed by atoms with Crippen LogP contribution in [-0.2, 0) is 19.0 Å². The molecule has 3 N–H and O–H groups in total. The van der Waals surface area contributed by atoms with Gasteiger partial charge in [-0.05, 0) is 47.5 Å². The summed E-state index contributed by atoms with van der Waals surface area (Å²) in [6, 6.07) is 0. The smallest absolute Gasteiger partial charge is 0.251 e. The van der Waals surface area contributed by atoms with Gasteiger partial charge in [0, 0.05) is 7.05 Å². The molecule has 0 aliphatic carbocycles. The number of nitrogens with one attached hydrogen (secondary N) is 1. The molecule has 0 aromatic heterocycles. The summed E-state index contributed by atoms with van der Waals surface area (Å²) in [7, 11) is 1.50. The summed E-state index contributed by atoms with van der Waals surface area (Å²) in [6.45, 7) is 15.0. The molecule has 0 aromatic carbocycles. The minimum Gasteiger partial charge on any atom is -0.387 e. The number of likely N-dealkylation sites (N-methyl/N-ethyl adjacent to an activating group) is 1. The van der Waals surface area contributed by atoms with Crippen LogP contribution in [0.1, 0.15) is 55.4 Å². The van der Waals surface area contributed by atoms with E-state index in [1.165, 1.54) is 7.05 Å².